The molecule has 3 rings (SSSR count). The molecular weight excluding hydrogens is 526 g/mol. The van der Waals surface area contributed by atoms with Crippen molar-refractivity contribution in [1.82, 2.24) is 9.88 Å². The Morgan fingerprint density at radius 3 is 1.84 bits per heavy atom. The largest absolute Gasteiger partial charge is 0.338 e. The van der Waals surface area contributed by atoms with Gasteiger partial charge in [-0.3, -0.25) is 9.78 Å². The SMILES string of the molecule is CCCN(CCS)C(=O)c1cccnc1.Clc1cccc(Cl)c1Sc1c(Cl)cccc1Cl. The van der Waals surface area contributed by atoms with Crippen LogP contribution in [0.5, 0.6) is 0 Å². The molecule has 1 heterocycles. The molecule has 0 saturated carbocycles. The summed E-state index contributed by atoms with van der Waals surface area (Å²) in [5.74, 6) is 0.727. The van der Waals surface area contributed by atoms with Crippen molar-refractivity contribution in [2.24, 2.45) is 0 Å². The van der Waals surface area contributed by atoms with Crippen molar-refractivity contribution in [2.45, 2.75) is 23.1 Å². The minimum absolute atomic E-state index is 0.0407. The molecule has 1 aromatic heterocycles. The lowest BCUT2D eigenvalue weighted by Gasteiger charge is -2.20. The first-order valence-electron chi connectivity index (χ1n) is 9.75. The molecule has 0 bridgehead atoms. The maximum absolute atomic E-state index is 12.0. The van der Waals surface area contributed by atoms with Crippen LogP contribution in [0.1, 0.15) is 23.7 Å². The van der Waals surface area contributed by atoms with Crippen molar-refractivity contribution < 1.29 is 4.79 Å². The molecule has 0 aliphatic rings. The normalized spacial score (nSPS) is 10.3. The molecule has 0 atom stereocenters. The van der Waals surface area contributed by atoms with E-state index in [4.69, 9.17) is 46.4 Å². The van der Waals surface area contributed by atoms with E-state index < -0.39 is 0 Å². The van der Waals surface area contributed by atoms with Crippen LogP contribution in [0.25, 0.3) is 0 Å². The Labute approximate surface area is 218 Å². The van der Waals surface area contributed by atoms with Gasteiger partial charge in [0.15, 0.2) is 0 Å². The van der Waals surface area contributed by atoms with Crippen LogP contribution in [0.4, 0.5) is 0 Å². The zero-order chi connectivity index (χ0) is 23.5. The van der Waals surface area contributed by atoms with Gasteiger partial charge in [0, 0.05) is 41.0 Å². The molecule has 0 aliphatic heterocycles. The van der Waals surface area contributed by atoms with Crippen molar-refractivity contribution in [3.63, 3.8) is 0 Å². The quantitative estimate of drug-likeness (QED) is 0.302. The number of pyridine rings is 1. The van der Waals surface area contributed by atoms with Crippen LogP contribution in [0.2, 0.25) is 20.1 Å². The second-order valence-electron chi connectivity index (χ2n) is 6.46. The lowest BCUT2D eigenvalue weighted by molar-refractivity contribution is 0.0765. The number of hydrogen-bond donors (Lipinski definition) is 1. The van der Waals surface area contributed by atoms with Crippen LogP contribution in [-0.2, 0) is 0 Å². The van der Waals surface area contributed by atoms with Gasteiger partial charge in [0.25, 0.3) is 5.91 Å². The molecule has 2 aromatic carbocycles. The fraction of sp³-hybridized carbons (Fsp3) is 0.217. The van der Waals surface area contributed by atoms with E-state index in [2.05, 4.69) is 24.5 Å². The van der Waals surface area contributed by atoms with Crippen LogP contribution < -0.4 is 0 Å². The van der Waals surface area contributed by atoms with E-state index in [1.54, 1.807) is 60.9 Å². The summed E-state index contributed by atoms with van der Waals surface area (Å²) in [4.78, 5) is 19.2. The van der Waals surface area contributed by atoms with E-state index in [-0.39, 0.29) is 5.91 Å². The number of aromatic nitrogens is 1. The number of carbonyl (C=O) groups excluding carboxylic acids is 1. The predicted octanol–water partition coefficient (Wildman–Crippen LogP) is 8.32. The van der Waals surface area contributed by atoms with Gasteiger partial charge < -0.3 is 4.90 Å². The Hall–Kier alpha value is -1.08. The molecule has 0 radical (unpaired) electrons. The molecular formula is C23H22Cl4N2OS2. The van der Waals surface area contributed by atoms with E-state index in [9.17, 15) is 4.79 Å². The number of nitrogens with zero attached hydrogens (tertiary/aromatic N) is 2. The van der Waals surface area contributed by atoms with Crippen LogP contribution in [0.3, 0.4) is 0 Å². The van der Waals surface area contributed by atoms with Gasteiger partial charge in [-0.15, -0.1) is 0 Å². The fourth-order valence-electron chi connectivity index (χ4n) is 2.64. The van der Waals surface area contributed by atoms with Gasteiger partial charge in [-0.05, 0) is 42.8 Å². The summed E-state index contributed by atoms with van der Waals surface area (Å²) in [6, 6.07) is 14.3. The smallest absolute Gasteiger partial charge is 0.255 e. The van der Waals surface area contributed by atoms with Gasteiger partial charge in [0.05, 0.1) is 25.7 Å². The summed E-state index contributed by atoms with van der Waals surface area (Å²) in [5, 5.41) is 2.33. The molecule has 170 valence electrons. The number of carbonyl (C=O) groups is 1. The molecule has 0 fully saturated rings. The minimum Gasteiger partial charge on any atom is -0.338 e. The summed E-state index contributed by atoms with van der Waals surface area (Å²) in [7, 11) is 0. The Bertz CT molecular complexity index is 926. The first-order chi connectivity index (χ1) is 15.4. The molecule has 0 N–H and O–H groups in total. The van der Waals surface area contributed by atoms with Gasteiger partial charge in [-0.2, -0.15) is 12.6 Å². The average molecular weight is 548 g/mol. The second-order valence-corrected chi connectivity index (χ2v) is 9.56. The summed E-state index contributed by atoms with van der Waals surface area (Å²) in [5.41, 5.74) is 0.646. The zero-order valence-corrected chi connectivity index (χ0v) is 22.0. The van der Waals surface area contributed by atoms with Crippen molar-refractivity contribution in [1.29, 1.82) is 0 Å². The first kappa shape index (κ1) is 27.2. The van der Waals surface area contributed by atoms with Crippen LogP contribution >= 0.6 is 70.8 Å². The van der Waals surface area contributed by atoms with Crippen LogP contribution in [0, 0.1) is 0 Å². The number of benzene rings is 2. The van der Waals surface area contributed by atoms with Crippen molar-refractivity contribution in [3.8, 4) is 0 Å². The molecule has 0 saturated heterocycles. The van der Waals surface area contributed by atoms with Crippen molar-refractivity contribution in [2.75, 3.05) is 18.8 Å². The van der Waals surface area contributed by atoms with E-state index in [0.29, 0.717) is 38.0 Å². The number of amides is 1. The van der Waals surface area contributed by atoms with E-state index >= 15 is 0 Å². The third-order valence-electron chi connectivity index (χ3n) is 4.10. The number of thiol groups is 1. The summed E-state index contributed by atoms with van der Waals surface area (Å²) < 4.78 is 0. The van der Waals surface area contributed by atoms with Gasteiger partial charge in [0.1, 0.15) is 0 Å². The third kappa shape index (κ3) is 8.05. The summed E-state index contributed by atoms with van der Waals surface area (Å²) in [6.45, 7) is 3.51. The monoisotopic (exact) mass is 546 g/mol. The standard InChI is InChI=1S/C12H6Cl4S.C11H16N2OS/c13-7-3-1-4-8(14)11(7)17-12-9(15)5-2-6-10(12)16;1-2-6-13(7-8-15)11(14)10-4-3-5-12-9-10/h1-6H;3-5,9,15H,2,6-8H2,1H3. The molecule has 1 amide bonds. The van der Waals surface area contributed by atoms with Crippen LogP contribution in [-0.4, -0.2) is 34.6 Å². The van der Waals surface area contributed by atoms with Crippen LogP contribution in [0.15, 0.2) is 70.7 Å². The molecule has 32 heavy (non-hydrogen) atoms. The molecule has 3 aromatic rings. The van der Waals surface area contributed by atoms with Gasteiger partial charge in [-0.1, -0.05) is 77.2 Å². The average Bonchev–Trinajstić information content (AvgIpc) is 2.78. The summed E-state index contributed by atoms with van der Waals surface area (Å²) in [6.07, 6.45) is 4.23. The predicted molar refractivity (Wildman–Crippen MR) is 141 cm³/mol. The highest BCUT2D eigenvalue weighted by Gasteiger charge is 2.14. The van der Waals surface area contributed by atoms with Crippen molar-refractivity contribution in [3.05, 3.63) is 86.6 Å². The second kappa shape index (κ2) is 14.2. The van der Waals surface area contributed by atoms with E-state index in [1.807, 2.05) is 4.90 Å². The topological polar surface area (TPSA) is 33.2 Å². The fourth-order valence-corrected chi connectivity index (χ4v) is 5.01. The Balaban J connectivity index is 0.000000229. The molecule has 0 unspecified atom stereocenters. The Morgan fingerprint density at radius 1 is 0.906 bits per heavy atom. The maximum atomic E-state index is 12.0. The Kier molecular flexibility index (Phi) is 12.1. The lowest BCUT2D eigenvalue weighted by Crippen LogP contribution is -2.33. The molecule has 9 heteroatoms. The highest BCUT2D eigenvalue weighted by Crippen LogP contribution is 2.43. The van der Waals surface area contributed by atoms with E-state index in [1.165, 1.54) is 11.8 Å². The number of rotatable bonds is 7. The van der Waals surface area contributed by atoms with E-state index in [0.717, 1.165) is 22.8 Å². The highest BCUT2D eigenvalue weighted by atomic mass is 35.5. The lowest BCUT2D eigenvalue weighted by atomic mass is 10.2. The van der Waals surface area contributed by atoms with Gasteiger partial charge in [0.2, 0.25) is 0 Å². The third-order valence-corrected chi connectivity index (χ3v) is 7.30. The minimum atomic E-state index is 0.0407. The molecule has 0 aliphatic carbocycles. The maximum Gasteiger partial charge on any atom is 0.255 e. The van der Waals surface area contributed by atoms with Gasteiger partial charge in [-0.25, -0.2) is 0 Å². The summed E-state index contributed by atoms with van der Waals surface area (Å²) >= 11 is 29.9. The number of halogens is 4. The Morgan fingerprint density at radius 2 is 1.44 bits per heavy atom. The van der Waals surface area contributed by atoms with Crippen molar-refractivity contribution >= 4 is 76.7 Å². The molecule has 0 spiro atoms. The zero-order valence-electron chi connectivity index (χ0n) is 17.3. The van der Waals surface area contributed by atoms with Gasteiger partial charge >= 0.3 is 0 Å². The molecule has 3 nitrogen and oxygen atoms in total. The first-order valence-corrected chi connectivity index (χ1v) is 12.7. The number of hydrogen-bond acceptors (Lipinski definition) is 4. The highest BCUT2D eigenvalue weighted by molar-refractivity contribution is 7.99.